The molecule has 1 aliphatic rings. The van der Waals surface area contributed by atoms with E-state index >= 15 is 0 Å². The average Bonchev–Trinajstić information content (AvgIpc) is 3.05. The summed E-state index contributed by atoms with van der Waals surface area (Å²) < 4.78 is 5.25. The minimum Gasteiger partial charge on any atom is -0.496 e. The van der Waals surface area contributed by atoms with E-state index in [-0.39, 0.29) is 18.4 Å². The van der Waals surface area contributed by atoms with E-state index in [1.54, 1.807) is 18.1 Å². The number of hydrogen-bond donors (Lipinski definition) is 1. The van der Waals surface area contributed by atoms with Crippen molar-refractivity contribution in [3.63, 3.8) is 0 Å². The molecule has 0 atom stereocenters. The van der Waals surface area contributed by atoms with Crippen molar-refractivity contribution in [2.45, 2.75) is 19.8 Å². The van der Waals surface area contributed by atoms with Crippen molar-refractivity contribution < 1.29 is 14.3 Å². The third-order valence-corrected chi connectivity index (χ3v) is 3.67. The molecule has 0 aromatic heterocycles. The van der Waals surface area contributed by atoms with Gasteiger partial charge in [0.2, 0.25) is 11.8 Å². The second kappa shape index (κ2) is 7.64. The van der Waals surface area contributed by atoms with Gasteiger partial charge in [-0.25, -0.2) is 0 Å². The van der Waals surface area contributed by atoms with Gasteiger partial charge in [-0.3, -0.25) is 9.59 Å². The molecule has 5 nitrogen and oxygen atoms in total. The number of carbonyl (C=O) groups excluding carboxylic acids is 2. The number of likely N-dealkylation sites (tertiary alicyclic amines) is 1. The van der Waals surface area contributed by atoms with E-state index in [4.69, 9.17) is 4.74 Å². The van der Waals surface area contributed by atoms with Crippen LogP contribution in [-0.2, 0) is 9.59 Å². The SMILES string of the molecule is COc1ccc(C)cc1/C=C/C(=O)NCC(=O)N1CCCC1. The molecule has 1 fully saturated rings. The van der Waals surface area contributed by atoms with Crippen molar-refractivity contribution in [1.29, 1.82) is 0 Å². The van der Waals surface area contributed by atoms with Crippen LogP contribution in [0.5, 0.6) is 5.75 Å². The average molecular weight is 302 g/mol. The van der Waals surface area contributed by atoms with Gasteiger partial charge in [0.1, 0.15) is 5.75 Å². The van der Waals surface area contributed by atoms with Gasteiger partial charge in [-0.05, 0) is 38.0 Å². The summed E-state index contributed by atoms with van der Waals surface area (Å²) in [6, 6.07) is 5.76. The Labute approximate surface area is 130 Å². The number of carbonyl (C=O) groups is 2. The summed E-state index contributed by atoms with van der Waals surface area (Å²) in [4.78, 5) is 25.4. The quantitative estimate of drug-likeness (QED) is 0.843. The molecule has 0 saturated carbocycles. The van der Waals surface area contributed by atoms with E-state index in [9.17, 15) is 9.59 Å². The van der Waals surface area contributed by atoms with Crippen LogP contribution in [0, 0.1) is 6.92 Å². The highest BCUT2D eigenvalue weighted by atomic mass is 16.5. The molecular weight excluding hydrogens is 280 g/mol. The minimum atomic E-state index is -0.281. The fourth-order valence-corrected chi connectivity index (χ4v) is 2.45. The van der Waals surface area contributed by atoms with Gasteiger partial charge >= 0.3 is 0 Å². The Hall–Kier alpha value is -2.30. The largest absolute Gasteiger partial charge is 0.496 e. The van der Waals surface area contributed by atoms with E-state index in [1.165, 1.54) is 6.08 Å². The Balaban J connectivity index is 1.88. The normalized spacial score (nSPS) is 14.4. The number of methoxy groups -OCH3 is 1. The summed E-state index contributed by atoms with van der Waals surface area (Å²) in [5, 5.41) is 2.62. The Bertz CT molecular complexity index is 575. The zero-order chi connectivity index (χ0) is 15.9. The van der Waals surface area contributed by atoms with Crippen LogP contribution in [0.1, 0.15) is 24.0 Å². The third-order valence-electron chi connectivity index (χ3n) is 3.67. The maximum atomic E-state index is 11.8. The third kappa shape index (κ3) is 4.35. The van der Waals surface area contributed by atoms with Gasteiger partial charge in [0.05, 0.1) is 13.7 Å². The van der Waals surface area contributed by atoms with Crippen molar-refractivity contribution in [2.75, 3.05) is 26.7 Å². The Morgan fingerprint density at radius 2 is 2.05 bits per heavy atom. The smallest absolute Gasteiger partial charge is 0.244 e. The number of benzene rings is 1. The van der Waals surface area contributed by atoms with E-state index < -0.39 is 0 Å². The van der Waals surface area contributed by atoms with Crippen LogP contribution in [0.3, 0.4) is 0 Å². The number of nitrogens with zero attached hydrogens (tertiary/aromatic N) is 1. The van der Waals surface area contributed by atoms with E-state index in [0.29, 0.717) is 5.75 Å². The van der Waals surface area contributed by atoms with Crippen molar-refractivity contribution in [3.8, 4) is 5.75 Å². The fraction of sp³-hybridized carbons (Fsp3) is 0.412. The molecule has 5 heteroatoms. The lowest BCUT2D eigenvalue weighted by atomic mass is 10.1. The number of hydrogen-bond acceptors (Lipinski definition) is 3. The first-order valence-corrected chi connectivity index (χ1v) is 7.48. The topological polar surface area (TPSA) is 58.6 Å². The predicted octanol–water partition coefficient (Wildman–Crippen LogP) is 1.76. The molecule has 0 aliphatic carbocycles. The molecule has 0 radical (unpaired) electrons. The molecule has 1 aromatic carbocycles. The second-order valence-corrected chi connectivity index (χ2v) is 5.38. The number of aryl methyl sites for hydroxylation is 1. The highest BCUT2D eigenvalue weighted by Gasteiger charge is 2.17. The maximum absolute atomic E-state index is 11.8. The van der Waals surface area contributed by atoms with Gasteiger partial charge in [-0.1, -0.05) is 11.6 Å². The molecule has 2 amide bonds. The van der Waals surface area contributed by atoms with Crippen LogP contribution in [0.15, 0.2) is 24.3 Å². The molecule has 0 unspecified atom stereocenters. The number of amides is 2. The van der Waals surface area contributed by atoms with Gasteiger partial charge in [-0.2, -0.15) is 0 Å². The van der Waals surface area contributed by atoms with Gasteiger partial charge in [0, 0.05) is 24.7 Å². The van der Waals surface area contributed by atoms with E-state index in [2.05, 4.69) is 5.32 Å². The first-order chi connectivity index (χ1) is 10.6. The maximum Gasteiger partial charge on any atom is 0.244 e. The summed E-state index contributed by atoms with van der Waals surface area (Å²) >= 11 is 0. The molecule has 1 heterocycles. The van der Waals surface area contributed by atoms with Crippen molar-refractivity contribution >= 4 is 17.9 Å². The Morgan fingerprint density at radius 1 is 1.32 bits per heavy atom. The van der Waals surface area contributed by atoms with Crippen molar-refractivity contribution in [1.82, 2.24) is 10.2 Å². The lowest BCUT2D eigenvalue weighted by molar-refractivity contribution is -0.131. The highest BCUT2D eigenvalue weighted by molar-refractivity contribution is 5.94. The summed E-state index contributed by atoms with van der Waals surface area (Å²) in [7, 11) is 1.59. The predicted molar refractivity (Wildman–Crippen MR) is 85.6 cm³/mol. The molecule has 0 spiro atoms. The zero-order valence-corrected chi connectivity index (χ0v) is 13.1. The summed E-state index contributed by atoms with van der Waals surface area (Å²) in [5.74, 6) is 0.409. The lowest BCUT2D eigenvalue weighted by Crippen LogP contribution is -2.38. The van der Waals surface area contributed by atoms with E-state index in [1.807, 2.05) is 25.1 Å². The number of ether oxygens (including phenoxy) is 1. The minimum absolute atomic E-state index is 0.0209. The first-order valence-electron chi connectivity index (χ1n) is 7.48. The van der Waals surface area contributed by atoms with Crippen LogP contribution in [-0.4, -0.2) is 43.5 Å². The van der Waals surface area contributed by atoms with Crippen LogP contribution < -0.4 is 10.1 Å². The molecule has 1 saturated heterocycles. The van der Waals surface area contributed by atoms with Gasteiger partial charge in [-0.15, -0.1) is 0 Å². The van der Waals surface area contributed by atoms with Crippen LogP contribution in [0.4, 0.5) is 0 Å². The Morgan fingerprint density at radius 3 is 2.73 bits per heavy atom. The van der Waals surface area contributed by atoms with Crippen molar-refractivity contribution in [2.24, 2.45) is 0 Å². The van der Waals surface area contributed by atoms with Crippen molar-refractivity contribution in [3.05, 3.63) is 35.4 Å². The van der Waals surface area contributed by atoms with Gasteiger partial charge < -0.3 is 15.0 Å². The molecule has 1 N–H and O–H groups in total. The molecule has 118 valence electrons. The lowest BCUT2D eigenvalue weighted by Gasteiger charge is -2.14. The zero-order valence-electron chi connectivity index (χ0n) is 13.1. The summed E-state index contributed by atoms with van der Waals surface area (Å²) in [6.45, 7) is 3.62. The number of nitrogens with one attached hydrogen (secondary N) is 1. The van der Waals surface area contributed by atoms with E-state index in [0.717, 1.165) is 37.1 Å². The van der Waals surface area contributed by atoms with Crippen LogP contribution >= 0.6 is 0 Å². The standard InChI is InChI=1S/C17H22N2O3/c1-13-5-7-15(22-2)14(11-13)6-8-16(20)18-12-17(21)19-9-3-4-10-19/h5-8,11H,3-4,9-10,12H2,1-2H3,(H,18,20)/b8-6+. The molecular formula is C17H22N2O3. The summed E-state index contributed by atoms with van der Waals surface area (Å²) in [5.41, 5.74) is 1.92. The van der Waals surface area contributed by atoms with Gasteiger partial charge in [0.15, 0.2) is 0 Å². The highest BCUT2D eigenvalue weighted by Crippen LogP contribution is 2.20. The first kappa shape index (κ1) is 16.1. The monoisotopic (exact) mass is 302 g/mol. The van der Waals surface area contributed by atoms with Crippen LogP contribution in [0.2, 0.25) is 0 Å². The fourth-order valence-electron chi connectivity index (χ4n) is 2.45. The number of rotatable bonds is 5. The second-order valence-electron chi connectivity index (χ2n) is 5.38. The Kier molecular flexibility index (Phi) is 5.58. The molecule has 2 rings (SSSR count). The molecule has 0 bridgehead atoms. The summed E-state index contributed by atoms with van der Waals surface area (Å²) in [6.07, 6.45) is 5.22. The van der Waals surface area contributed by atoms with Crippen LogP contribution in [0.25, 0.3) is 6.08 Å². The molecule has 1 aromatic rings. The molecule has 22 heavy (non-hydrogen) atoms. The van der Waals surface area contributed by atoms with Gasteiger partial charge in [0.25, 0.3) is 0 Å². The molecule has 1 aliphatic heterocycles.